The molecular formula is C12H17FN2O2. The van der Waals surface area contributed by atoms with E-state index in [-0.39, 0.29) is 0 Å². The first-order valence-electron chi connectivity index (χ1n) is 5.61. The first-order valence-corrected chi connectivity index (χ1v) is 5.61. The predicted molar refractivity (Wildman–Crippen MR) is 65.8 cm³/mol. The first kappa shape index (κ1) is 13.4. The average Bonchev–Trinajstić information content (AvgIpc) is 2.27. The standard InChI is InChI=1S/C12H17FN2O2/c1-4-9(2)8-14(3)11-7-5-6-10(13)12(11)15(16)17/h5-7,9H,4,8H2,1-3H3. The molecule has 1 atom stereocenters. The third kappa shape index (κ3) is 3.15. The van der Waals surface area contributed by atoms with Crippen molar-refractivity contribution in [2.24, 2.45) is 5.92 Å². The Bertz CT molecular complexity index is 409. The van der Waals surface area contributed by atoms with Gasteiger partial charge in [0.2, 0.25) is 5.82 Å². The number of hydrogen-bond acceptors (Lipinski definition) is 3. The second-order valence-corrected chi connectivity index (χ2v) is 4.26. The van der Waals surface area contributed by atoms with Gasteiger partial charge in [0.25, 0.3) is 0 Å². The lowest BCUT2D eigenvalue weighted by molar-refractivity contribution is -0.386. The summed E-state index contributed by atoms with van der Waals surface area (Å²) in [6.07, 6.45) is 0.980. The highest BCUT2D eigenvalue weighted by Gasteiger charge is 2.22. The molecule has 0 saturated heterocycles. The minimum atomic E-state index is -0.788. The summed E-state index contributed by atoms with van der Waals surface area (Å²) in [7, 11) is 1.74. The molecule has 0 aliphatic carbocycles. The first-order chi connectivity index (χ1) is 7.97. The molecule has 1 rings (SSSR count). The van der Waals surface area contributed by atoms with Crippen LogP contribution in [0.5, 0.6) is 0 Å². The molecule has 4 nitrogen and oxygen atoms in total. The van der Waals surface area contributed by atoms with Crippen LogP contribution >= 0.6 is 0 Å². The number of hydrogen-bond donors (Lipinski definition) is 0. The van der Waals surface area contributed by atoms with Crippen molar-refractivity contribution < 1.29 is 9.31 Å². The van der Waals surface area contributed by atoms with Gasteiger partial charge in [-0.25, -0.2) is 0 Å². The maximum atomic E-state index is 13.4. The summed E-state index contributed by atoms with van der Waals surface area (Å²) in [5.41, 5.74) is -0.117. The average molecular weight is 240 g/mol. The molecule has 1 aromatic rings. The van der Waals surface area contributed by atoms with E-state index in [1.165, 1.54) is 6.07 Å². The topological polar surface area (TPSA) is 46.4 Å². The van der Waals surface area contributed by atoms with Crippen molar-refractivity contribution in [3.63, 3.8) is 0 Å². The zero-order valence-electron chi connectivity index (χ0n) is 10.3. The van der Waals surface area contributed by atoms with Crippen LogP contribution in [0.2, 0.25) is 0 Å². The van der Waals surface area contributed by atoms with Gasteiger partial charge in [0.15, 0.2) is 0 Å². The zero-order valence-corrected chi connectivity index (χ0v) is 10.3. The molecule has 0 bridgehead atoms. The molecule has 0 aromatic heterocycles. The van der Waals surface area contributed by atoms with Crippen LogP contribution in [0, 0.1) is 21.8 Å². The van der Waals surface area contributed by atoms with Crippen molar-refractivity contribution in [2.45, 2.75) is 20.3 Å². The lowest BCUT2D eigenvalue weighted by Crippen LogP contribution is -2.24. The molecule has 0 fully saturated rings. The monoisotopic (exact) mass is 240 g/mol. The fourth-order valence-electron chi connectivity index (χ4n) is 1.69. The molecule has 0 saturated carbocycles. The highest BCUT2D eigenvalue weighted by molar-refractivity contribution is 5.63. The number of rotatable bonds is 5. The van der Waals surface area contributed by atoms with Crippen LogP contribution < -0.4 is 4.90 Å². The van der Waals surface area contributed by atoms with Gasteiger partial charge in [-0.2, -0.15) is 4.39 Å². The number of anilines is 1. The molecule has 94 valence electrons. The number of para-hydroxylation sites is 1. The molecule has 17 heavy (non-hydrogen) atoms. The third-order valence-electron chi connectivity index (χ3n) is 2.84. The quantitative estimate of drug-likeness (QED) is 0.586. The molecule has 0 radical (unpaired) electrons. The Kier molecular flexibility index (Phi) is 4.43. The van der Waals surface area contributed by atoms with Gasteiger partial charge < -0.3 is 4.90 Å². The predicted octanol–water partition coefficient (Wildman–Crippen LogP) is 3.22. The van der Waals surface area contributed by atoms with E-state index in [1.54, 1.807) is 18.0 Å². The summed E-state index contributed by atoms with van der Waals surface area (Å²) in [6.45, 7) is 4.78. The number of nitro benzene ring substituents is 1. The van der Waals surface area contributed by atoms with Crippen LogP contribution in [0.25, 0.3) is 0 Å². The Morgan fingerprint density at radius 2 is 2.18 bits per heavy atom. The maximum Gasteiger partial charge on any atom is 0.327 e. The smallest absolute Gasteiger partial charge is 0.327 e. The SMILES string of the molecule is CCC(C)CN(C)c1cccc(F)c1[N+](=O)[O-]. The molecule has 0 N–H and O–H groups in total. The van der Waals surface area contributed by atoms with E-state index < -0.39 is 16.4 Å². The van der Waals surface area contributed by atoms with Crippen LogP contribution in [-0.2, 0) is 0 Å². The molecule has 0 heterocycles. The zero-order chi connectivity index (χ0) is 13.0. The van der Waals surface area contributed by atoms with E-state index >= 15 is 0 Å². The Labute approximate surface area is 100 Å². The van der Waals surface area contributed by atoms with Crippen LogP contribution in [0.15, 0.2) is 18.2 Å². The Hall–Kier alpha value is -1.65. The van der Waals surface area contributed by atoms with Gasteiger partial charge in [-0.3, -0.25) is 10.1 Å². The fourth-order valence-corrected chi connectivity index (χ4v) is 1.69. The number of nitrogens with zero attached hydrogens (tertiary/aromatic N) is 2. The Morgan fingerprint density at radius 3 is 2.71 bits per heavy atom. The normalized spacial score (nSPS) is 12.2. The largest absolute Gasteiger partial charge is 0.369 e. The molecule has 0 aliphatic rings. The van der Waals surface area contributed by atoms with Crippen molar-refractivity contribution in [3.05, 3.63) is 34.1 Å². The van der Waals surface area contributed by atoms with Crippen molar-refractivity contribution >= 4 is 11.4 Å². The summed E-state index contributed by atoms with van der Waals surface area (Å²) in [5.74, 6) is -0.383. The van der Waals surface area contributed by atoms with E-state index in [9.17, 15) is 14.5 Å². The highest BCUT2D eigenvalue weighted by atomic mass is 19.1. The molecule has 1 unspecified atom stereocenters. The van der Waals surface area contributed by atoms with E-state index in [2.05, 4.69) is 13.8 Å². The summed E-state index contributed by atoms with van der Waals surface area (Å²) in [4.78, 5) is 11.9. The molecular weight excluding hydrogens is 223 g/mol. The van der Waals surface area contributed by atoms with E-state index in [0.717, 1.165) is 12.5 Å². The van der Waals surface area contributed by atoms with E-state index in [4.69, 9.17) is 0 Å². The van der Waals surface area contributed by atoms with E-state index in [1.807, 2.05) is 0 Å². The summed E-state index contributed by atoms with van der Waals surface area (Å²) >= 11 is 0. The summed E-state index contributed by atoms with van der Waals surface area (Å²) in [6, 6.07) is 4.17. The van der Waals surface area contributed by atoms with Crippen molar-refractivity contribution in [2.75, 3.05) is 18.5 Å². The highest BCUT2D eigenvalue weighted by Crippen LogP contribution is 2.30. The van der Waals surface area contributed by atoms with Gasteiger partial charge in [-0.15, -0.1) is 0 Å². The third-order valence-corrected chi connectivity index (χ3v) is 2.84. The summed E-state index contributed by atoms with van der Waals surface area (Å²) in [5, 5.41) is 10.8. The fraction of sp³-hybridized carbons (Fsp3) is 0.500. The van der Waals surface area contributed by atoms with Crippen molar-refractivity contribution in [1.82, 2.24) is 0 Å². The lowest BCUT2D eigenvalue weighted by Gasteiger charge is -2.22. The second kappa shape index (κ2) is 5.61. The van der Waals surface area contributed by atoms with Crippen molar-refractivity contribution in [1.29, 1.82) is 0 Å². The van der Waals surface area contributed by atoms with Gasteiger partial charge >= 0.3 is 5.69 Å². The number of halogens is 1. The lowest BCUT2D eigenvalue weighted by atomic mass is 10.1. The minimum Gasteiger partial charge on any atom is -0.369 e. The minimum absolute atomic E-state index is 0.329. The van der Waals surface area contributed by atoms with Gasteiger partial charge in [0, 0.05) is 13.6 Å². The Morgan fingerprint density at radius 1 is 1.53 bits per heavy atom. The van der Waals surface area contributed by atoms with Gasteiger partial charge in [-0.1, -0.05) is 26.3 Å². The molecule has 0 spiro atoms. The molecule has 5 heteroatoms. The van der Waals surface area contributed by atoms with Crippen LogP contribution in [0.3, 0.4) is 0 Å². The Balaban J connectivity index is 3.04. The molecule has 0 amide bonds. The van der Waals surface area contributed by atoms with Crippen molar-refractivity contribution in [3.8, 4) is 0 Å². The number of nitro groups is 1. The van der Waals surface area contributed by atoms with Crippen LogP contribution in [0.4, 0.5) is 15.8 Å². The molecule has 0 aliphatic heterocycles. The van der Waals surface area contributed by atoms with E-state index in [0.29, 0.717) is 18.2 Å². The van der Waals surface area contributed by atoms with Crippen LogP contribution in [-0.4, -0.2) is 18.5 Å². The number of benzene rings is 1. The maximum absolute atomic E-state index is 13.4. The molecule has 1 aromatic carbocycles. The van der Waals surface area contributed by atoms with Gasteiger partial charge in [-0.05, 0) is 18.1 Å². The summed E-state index contributed by atoms with van der Waals surface area (Å²) < 4.78 is 13.4. The van der Waals surface area contributed by atoms with Gasteiger partial charge in [0.05, 0.1) is 4.92 Å². The van der Waals surface area contributed by atoms with Gasteiger partial charge in [0.1, 0.15) is 5.69 Å². The second-order valence-electron chi connectivity index (χ2n) is 4.26. The van der Waals surface area contributed by atoms with Crippen LogP contribution in [0.1, 0.15) is 20.3 Å².